The molecule has 1 saturated heterocycles. The van der Waals surface area contributed by atoms with Crippen molar-refractivity contribution in [2.45, 2.75) is 63.0 Å². The molecule has 1 heterocycles. The standard InChI is InChI=1S/C18H27NO/c20-18-11-10-15(14-7-3-1-4-8-14)13-16(18)17-9-5-2-6-12-19-17/h1,3-4,7-8,15-20H,2,5-6,9-13H2. The van der Waals surface area contributed by atoms with Gasteiger partial charge < -0.3 is 10.4 Å². The highest BCUT2D eigenvalue weighted by molar-refractivity contribution is 5.20. The average molecular weight is 273 g/mol. The van der Waals surface area contributed by atoms with Crippen LogP contribution in [0.3, 0.4) is 0 Å². The second kappa shape index (κ2) is 6.73. The maximum Gasteiger partial charge on any atom is 0.0583 e. The lowest BCUT2D eigenvalue weighted by Crippen LogP contribution is -2.44. The molecule has 1 aromatic carbocycles. The van der Waals surface area contributed by atoms with Crippen LogP contribution in [0.4, 0.5) is 0 Å². The topological polar surface area (TPSA) is 32.3 Å². The fourth-order valence-electron chi connectivity index (χ4n) is 4.07. The first-order chi connectivity index (χ1) is 9.84. The Morgan fingerprint density at radius 3 is 2.65 bits per heavy atom. The molecule has 3 rings (SSSR count). The Kier molecular flexibility index (Phi) is 4.74. The van der Waals surface area contributed by atoms with E-state index in [9.17, 15) is 5.11 Å². The number of hydrogen-bond acceptors (Lipinski definition) is 2. The predicted molar refractivity (Wildman–Crippen MR) is 82.8 cm³/mol. The van der Waals surface area contributed by atoms with E-state index in [1.807, 2.05) is 0 Å². The van der Waals surface area contributed by atoms with Crippen molar-refractivity contribution in [3.63, 3.8) is 0 Å². The first kappa shape index (κ1) is 14.1. The summed E-state index contributed by atoms with van der Waals surface area (Å²) in [5.74, 6) is 1.07. The molecule has 2 N–H and O–H groups in total. The van der Waals surface area contributed by atoms with Gasteiger partial charge in [0.2, 0.25) is 0 Å². The van der Waals surface area contributed by atoms with Crippen molar-refractivity contribution in [1.29, 1.82) is 0 Å². The van der Waals surface area contributed by atoms with E-state index in [1.54, 1.807) is 0 Å². The summed E-state index contributed by atoms with van der Waals surface area (Å²) in [6.45, 7) is 1.13. The summed E-state index contributed by atoms with van der Waals surface area (Å²) >= 11 is 0. The SMILES string of the molecule is OC1CCC(c2ccccc2)CC1C1CCCCCN1. The van der Waals surface area contributed by atoms with Crippen molar-refractivity contribution in [3.05, 3.63) is 35.9 Å². The highest BCUT2D eigenvalue weighted by atomic mass is 16.3. The van der Waals surface area contributed by atoms with Gasteiger partial charge in [-0.1, -0.05) is 43.2 Å². The van der Waals surface area contributed by atoms with Crippen LogP contribution in [0.25, 0.3) is 0 Å². The normalized spacial score (nSPS) is 35.5. The van der Waals surface area contributed by atoms with Gasteiger partial charge in [-0.3, -0.25) is 0 Å². The van der Waals surface area contributed by atoms with E-state index < -0.39 is 0 Å². The maximum atomic E-state index is 10.4. The molecule has 2 fully saturated rings. The van der Waals surface area contributed by atoms with Crippen LogP contribution in [0.5, 0.6) is 0 Å². The fourth-order valence-corrected chi connectivity index (χ4v) is 4.07. The van der Waals surface area contributed by atoms with E-state index in [1.165, 1.54) is 31.2 Å². The Morgan fingerprint density at radius 1 is 0.950 bits per heavy atom. The molecular formula is C18H27NO. The summed E-state index contributed by atoms with van der Waals surface area (Å²) in [5.41, 5.74) is 1.46. The van der Waals surface area contributed by atoms with Crippen LogP contribution >= 0.6 is 0 Å². The van der Waals surface area contributed by atoms with Crippen LogP contribution in [0.15, 0.2) is 30.3 Å². The molecule has 110 valence electrons. The third-order valence-electron chi connectivity index (χ3n) is 5.25. The second-order valence-corrected chi connectivity index (χ2v) is 6.56. The summed E-state index contributed by atoms with van der Waals surface area (Å²) in [6.07, 6.45) is 8.32. The Bertz CT molecular complexity index is 397. The Balaban J connectivity index is 1.69. The first-order valence-electron chi connectivity index (χ1n) is 8.31. The first-order valence-corrected chi connectivity index (χ1v) is 8.31. The second-order valence-electron chi connectivity index (χ2n) is 6.56. The van der Waals surface area contributed by atoms with Gasteiger partial charge in [-0.2, -0.15) is 0 Å². The zero-order valence-corrected chi connectivity index (χ0v) is 12.3. The predicted octanol–water partition coefficient (Wildman–Crippen LogP) is 3.46. The summed E-state index contributed by atoms with van der Waals surface area (Å²) < 4.78 is 0. The van der Waals surface area contributed by atoms with E-state index in [4.69, 9.17) is 0 Å². The van der Waals surface area contributed by atoms with Crippen LogP contribution in [0, 0.1) is 5.92 Å². The summed E-state index contributed by atoms with van der Waals surface area (Å²) in [7, 11) is 0. The van der Waals surface area contributed by atoms with Gasteiger partial charge in [-0.25, -0.2) is 0 Å². The highest BCUT2D eigenvalue weighted by Gasteiger charge is 2.35. The lowest BCUT2D eigenvalue weighted by molar-refractivity contribution is 0.0397. The zero-order chi connectivity index (χ0) is 13.8. The van der Waals surface area contributed by atoms with Gasteiger partial charge >= 0.3 is 0 Å². The smallest absolute Gasteiger partial charge is 0.0583 e. The molecule has 0 amide bonds. The molecule has 0 spiro atoms. The van der Waals surface area contributed by atoms with Crippen LogP contribution < -0.4 is 5.32 Å². The van der Waals surface area contributed by atoms with Gasteiger partial charge in [0.05, 0.1) is 6.10 Å². The number of nitrogens with one attached hydrogen (secondary N) is 1. The minimum Gasteiger partial charge on any atom is -0.393 e. The maximum absolute atomic E-state index is 10.4. The molecule has 1 aliphatic carbocycles. The molecule has 2 heteroatoms. The molecule has 0 aromatic heterocycles. The minimum atomic E-state index is -0.106. The van der Waals surface area contributed by atoms with E-state index in [2.05, 4.69) is 35.6 Å². The molecule has 20 heavy (non-hydrogen) atoms. The number of hydrogen-bond donors (Lipinski definition) is 2. The van der Waals surface area contributed by atoms with Gasteiger partial charge in [-0.15, -0.1) is 0 Å². The van der Waals surface area contributed by atoms with E-state index in [0.717, 1.165) is 25.8 Å². The van der Waals surface area contributed by atoms with Gasteiger partial charge in [0, 0.05) is 12.0 Å². The van der Waals surface area contributed by atoms with E-state index in [0.29, 0.717) is 17.9 Å². The average Bonchev–Trinajstić information content (AvgIpc) is 2.78. The van der Waals surface area contributed by atoms with Crippen molar-refractivity contribution in [3.8, 4) is 0 Å². The molecule has 0 bridgehead atoms. The van der Waals surface area contributed by atoms with Crippen molar-refractivity contribution >= 4 is 0 Å². The quantitative estimate of drug-likeness (QED) is 0.865. The van der Waals surface area contributed by atoms with Gasteiger partial charge in [0.25, 0.3) is 0 Å². The van der Waals surface area contributed by atoms with Crippen LogP contribution in [0.1, 0.15) is 56.4 Å². The third-order valence-corrected chi connectivity index (χ3v) is 5.25. The zero-order valence-electron chi connectivity index (χ0n) is 12.3. The molecule has 2 aliphatic rings. The van der Waals surface area contributed by atoms with E-state index in [-0.39, 0.29) is 6.10 Å². The highest BCUT2D eigenvalue weighted by Crippen LogP contribution is 2.39. The summed E-state index contributed by atoms with van der Waals surface area (Å²) in [6, 6.07) is 11.4. The molecule has 1 aliphatic heterocycles. The van der Waals surface area contributed by atoms with Crippen LogP contribution in [0.2, 0.25) is 0 Å². The Morgan fingerprint density at radius 2 is 1.80 bits per heavy atom. The van der Waals surface area contributed by atoms with Gasteiger partial charge in [-0.05, 0) is 50.1 Å². The molecule has 2 nitrogen and oxygen atoms in total. The summed E-state index contributed by atoms with van der Waals surface area (Å²) in [5, 5.41) is 14.1. The summed E-state index contributed by atoms with van der Waals surface area (Å²) in [4.78, 5) is 0. The monoisotopic (exact) mass is 273 g/mol. The minimum absolute atomic E-state index is 0.106. The van der Waals surface area contributed by atoms with Crippen molar-refractivity contribution in [1.82, 2.24) is 5.32 Å². The fraction of sp³-hybridized carbons (Fsp3) is 0.667. The largest absolute Gasteiger partial charge is 0.393 e. The molecular weight excluding hydrogens is 246 g/mol. The molecule has 4 atom stereocenters. The molecule has 1 aromatic rings. The number of aliphatic hydroxyl groups is 1. The van der Waals surface area contributed by atoms with Crippen molar-refractivity contribution < 1.29 is 5.11 Å². The lowest BCUT2D eigenvalue weighted by atomic mass is 9.72. The van der Waals surface area contributed by atoms with Crippen LogP contribution in [-0.4, -0.2) is 23.8 Å². The van der Waals surface area contributed by atoms with Gasteiger partial charge in [0.15, 0.2) is 0 Å². The van der Waals surface area contributed by atoms with Crippen molar-refractivity contribution in [2.24, 2.45) is 5.92 Å². The molecule has 1 saturated carbocycles. The van der Waals surface area contributed by atoms with Crippen LogP contribution in [-0.2, 0) is 0 Å². The molecule has 0 radical (unpaired) electrons. The Labute approximate surface area is 122 Å². The van der Waals surface area contributed by atoms with Crippen molar-refractivity contribution in [2.75, 3.05) is 6.54 Å². The lowest BCUT2D eigenvalue weighted by Gasteiger charge is -2.38. The molecule has 4 unspecified atom stereocenters. The number of aliphatic hydroxyl groups excluding tert-OH is 1. The third kappa shape index (κ3) is 3.24. The van der Waals surface area contributed by atoms with Gasteiger partial charge in [0.1, 0.15) is 0 Å². The number of benzene rings is 1. The van der Waals surface area contributed by atoms with E-state index >= 15 is 0 Å². The number of rotatable bonds is 2. The Hall–Kier alpha value is -0.860.